The highest BCUT2D eigenvalue weighted by atomic mass is 31.1. The highest BCUT2D eigenvalue weighted by Crippen LogP contribution is 2.26. The predicted octanol–water partition coefficient (Wildman–Crippen LogP) is 4.93. The minimum Gasteiger partial charge on any atom is -0.213 e. The normalized spacial score (nSPS) is 11.5. The first-order valence-electron chi connectivity index (χ1n) is 3.26. The van der Waals surface area contributed by atoms with E-state index in [9.17, 15) is 17.6 Å². The van der Waals surface area contributed by atoms with E-state index in [0.29, 0.717) is 0 Å². The van der Waals surface area contributed by atoms with E-state index >= 15 is 0 Å². The van der Waals surface area contributed by atoms with Crippen molar-refractivity contribution >= 4 is 8.17 Å². The maximum Gasteiger partial charge on any atom is 0.557 e. The highest BCUT2D eigenvalue weighted by Gasteiger charge is 2.16. The van der Waals surface area contributed by atoms with Gasteiger partial charge in [-0.25, -0.2) is 17.6 Å². The molecule has 0 saturated carbocycles. The first-order chi connectivity index (χ1) is 6.60. The van der Waals surface area contributed by atoms with Crippen molar-refractivity contribution in [2.45, 2.75) is 14.9 Å². The van der Waals surface area contributed by atoms with Crippen molar-refractivity contribution in [2.24, 2.45) is 0 Å². The van der Waals surface area contributed by atoms with Gasteiger partial charge in [-0.2, -0.15) is 0 Å². The average molecular weight is 264 g/mol. The van der Waals surface area contributed by atoms with Crippen molar-refractivity contribution in [1.82, 2.24) is 0 Å². The lowest BCUT2D eigenvalue weighted by Gasteiger charge is -1.90. The lowest BCUT2D eigenvalue weighted by Crippen LogP contribution is -1.91. The van der Waals surface area contributed by atoms with Gasteiger partial charge < -0.3 is 0 Å². The molecule has 3 nitrogen and oxygen atoms in total. The van der Waals surface area contributed by atoms with Crippen LogP contribution in [0.1, 0.15) is 14.9 Å². The zero-order valence-corrected chi connectivity index (χ0v) is 7.74. The molecule has 0 aliphatic heterocycles. The van der Waals surface area contributed by atoms with Crippen LogP contribution in [-0.4, -0.2) is 13.2 Å². The van der Waals surface area contributed by atoms with E-state index < -0.39 is 33.0 Å². The molecule has 0 bridgehead atoms. The maximum atomic E-state index is 12.0. The molecule has 0 heterocycles. The SMILES string of the molecule is C.C.N=[P+](OC/C(F)=C/F)OC/C(F)=C/F. The van der Waals surface area contributed by atoms with Crippen LogP contribution in [0.2, 0.25) is 0 Å². The maximum absolute atomic E-state index is 12.0. The van der Waals surface area contributed by atoms with Crippen LogP contribution in [-0.2, 0) is 9.05 Å². The van der Waals surface area contributed by atoms with Gasteiger partial charge in [0.05, 0.1) is 0 Å². The second-order valence-electron chi connectivity index (χ2n) is 1.92. The van der Waals surface area contributed by atoms with Crippen molar-refractivity contribution in [3.8, 4) is 0 Å². The first-order valence-corrected chi connectivity index (χ1v) is 4.44. The molecule has 0 aromatic rings. The summed E-state index contributed by atoms with van der Waals surface area (Å²) in [6.07, 6.45) is -0.656. The van der Waals surface area contributed by atoms with Gasteiger partial charge in [-0.05, 0) is 0 Å². The van der Waals surface area contributed by atoms with Gasteiger partial charge in [0.1, 0.15) is 12.7 Å². The lowest BCUT2D eigenvalue weighted by molar-refractivity contribution is 0.258. The standard InChI is InChI=1S/C6H7F4NO2P.2CH4/c7-1-5(9)3-12-14(11)13-4-6(10)2-8;;/h1-2,11H,3-4H2;2*1H4/q+1;;/b5-1-,6-2-;;. The van der Waals surface area contributed by atoms with Crippen LogP contribution in [0.4, 0.5) is 17.6 Å². The molecule has 0 rings (SSSR count). The summed E-state index contributed by atoms with van der Waals surface area (Å²) in [5, 5.41) is 6.90. The topological polar surface area (TPSA) is 42.3 Å². The van der Waals surface area contributed by atoms with E-state index in [-0.39, 0.29) is 27.5 Å². The Morgan fingerprint density at radius 3 is 1.56 bits per heavy atom. The molecule has 0 amide bonds. The quantitative estimate of drug-likeness (QED) is 0.546. The Kier molecular flexibility index (Phi) is 15.8. The van der Waals surface area contributed by atoms with Crippen molar-refractivity contribution in [3.05, 3.63) is 24.3 Å². The molecule has 96 valence electrons. The van der Waals surface area contributed by atoms with E-state index in [1.165, 1.54) is 0 Å². The molecule has 0 atom stereocenters. The van der Waals surface area contributed by atoms with E-state index in [0.717, 1.165) is 0 Å². The molecule has 0 radical (unpaired) electrons. The van der Waals surface area contributed by atoms with E-state index in [4.69, 9.17) is 5.16 Å². The molecule has 0 aromatic heterocycles. The Balaban J connectivity index is -0.000000845. The van der Waals surface area contributed by atoms with E-state index in [1.54, 1.807) is 0 Å². The van der Waals surface area contributed by atoms with Crippen LogP contribution in [0.3, 0.4) is 0 Å². The fraction of sp³-hybridized carbons (Fsp3) is 0.500. The monoisotopic (exact) mass is 264 g/mol. The number of nitrogens with one attached hydrogen (secondary N) is 1. The van der Waals surface area contributed by atoms with Gasteiger partial charge in [0.15, 0.2) is 24.9 Å². The Morgan fingerprint density at radius 1 is 1.00 bits per heavy atom. The van der Waals surface area contributed by atoms with Crippen LogP contribution in [0.25, 0.3) is 0 Å². The van der Waals surface area contributed by atoms with Crippen LogP contribution >= 0.6 is 8.17 Å². The Labute approximate surface area is 93.2 Å². The average Bonchev–Trinajstić information content (AvgIpc) is 2.22. The molecule has 0 unspecified atom stereocenters. The van der Waals surface area contributed by atoms with Crippen LogP contribution < -0.4 is 0 Å². The molecule has 0 fully saturated rings. The third-order valence-corrected chi connectivity index (χ3v) is 1.60. The van der Waals surface area contributed by atoms with Crippen LogP contribution in [0.5, 0.6) is 0 Å². The summed E-state index contributed by atoms with van der Waals surface area (Å²) in [6, 6.07) is 0. The number of hydrogen-bond acceptors (Lipinski definition) is 3. The van der Waals surface area contributed by atoms with Gasteiger partial charge in [-0.1, -0.05) is 20.0 Å². The molecule has 0 aliphatic rings. The fourth-order valence-corrected chi connectivity index (χ4v) is 0.897. The summed E-state index contributed by atoms with van der Waals surface area (Å²) in [4.78, 5) is 0. The summed E-state index contributed by atoms with van der Waals surface area (Å²) in [7, 11) is -2.30. The van der Waals surface area contributed by atoms with Crippen molar-refractivity contribution in [3.63, 3.8) is 0 Å². The Hall–Kier alpha value is -0.780. The summed E-state index contributed by atoms with van der Waals surface area (Å²) >= 11 is 0. The molecule has 0 aromatic carbocycles. The number of rotatable bonds is 6. The minimum absolute atomic E-state index is 0. The zero-order valence-electron chi connectivity index (χ0n) is 6.84. The first kappa shape index (κ1) is 20.6. The third kappa shape index (κ3) is 11.3. The molecule has 8 heteroatoms. The minimum atomic E-state index is -2.30. The van der Waals surface area contributed by atoms with Crippen LogP contribution in [0, 0.1) is 5.16 Å². The summed E-state index contributed by atoms with van der Waals surface area (Å²) < 4.78 is 55.4. The zero-order chi connectivity index (χ0) is 11.0. The predicted molar refractivity (Wildman–Crippen MR) is 55.6 cm³/mol. The van der Waals surface area contributed by atoms with Crippen LogP contribution in [0.15, 0.2) is 24.3 Å². The fourth-order valence-electron chi connectivity index (χ4n) is 0.341. The Morgan fingerprint density at radius 2 is 1.31 bits per heavy atom. The molecule has 0 spiro atoms. The van der Waals surface area contributed by atoms with Gasteiger partial charge in [0.2, 0.25) is 0 Å². The molecule has 1 N–H and O–H groups in total. The van der Waals surface area contributed by atoms with Gasteiger partial charge in [-0.3, -0.25) is 0 Å². The molecule has 0 aliphatic carbocycles. The van der Waals surface area contributed by atoms with Crippen molar-refractivity contribution in [1.29, 1.82) is 5.16 Å². The van der Waals surface area contributed by atoms with Gasteiger partial charge in [0.25, 0.3) is 0 Å². The lowest BCUT2D eigenvalue weighted by atomic mass is 10.6. The number of halogens is 4. The van der Waals surface area contributed by atoms with E-state index in [1.807, 2.05) is 0 Å². The summed E-state index contributed by atoms with van der Waals surface area (Å²) in [5.41, 5.74) is 0. The van der Waals surface area contributed by atoms with Crippen molar-refractivity contribution in [2.75, 3.05) is 13.2 Å². The summed E-state index contributed by atoms with van der Waals surface area (Å²) in [5.74, 6) is -2.43. The largest absolute Gasteiger partial charge is 0.557 e. The molecular weight excluding hydrogens is 249 g/mol. The third-order valence-electron chi connectivity index (χ3n) is 0.876. The summed E-state index contributed by atoms with van der Waals surface area (Å²) in [6.45, 7) is -1.54. The van der Waals surface area contributed by atoms with Gasteiger partial charge >= 0.3 is 8.17 Å². The smallest absolute Gasteiger partial charge is 0.213 e. The molecular formula is C8H15F4NO2P+. The highest BCUT2D eigenvalue weighted by molar-refractivity contribution is 7.34. The van der Waals surface area contributed by atoms with Gasteiger partial charge in [-0.15, -0.1) is 9.05 Å². The van der Waals surface area contributed by atoms with Gasteiger partial charge in [0, 0.05) is 0 Å². The molecule has 0 saturated heterocycles. The van der Waals surface area contributed by atoms with E-state index in [2.05, 4.69) is 9.05 Å². The van der Waals surface area contributed by atoms with Crippen molar-refractivity contribution < 1.29 is 26.6 Å². The second-order valence-corrected chi connectivity index (χ2v) is 2.95. The Bertz CT molecular complexity index is 234. The second kappa shape index (κ2) is 12.3. The molecule has 16 heavy (non-hydrogen) atoms. The number of hydrogen-bond donors (Lipinski definition) is 1.